The summed E-state index contributed by atoms with van der Waals surface area (Å²) in [7, 11) is 0. The van der Waals surface area contributed by atoms with Crippen LogP contribution in [0.3, 0.4) is 0 Å². The molecule has 0 aliphatic heterocycles. The number of hydrogen-bond donors (Lipinski definition) is 1. The van der Waals surface area contributed by atoms with Crippen molar-refractivity contribution in [3.05, 3.63) is 35.9 Å². The van der Waals surface area contributed by atoms with Crippen molar-refractivity contribution in [2.75, 3.05) is 0 Å². The first-order valence-corrected chi connectivity index (χ1v) is 8.47. The van der Waals surface area contributed by atoms with Crippen LogP contribution in [-0.4, -0.2) is 11.9 Å². The van der Waals surface area contributed by atoms with E-state index in [2.05, 4.69) is 31.3 Å². The smallest absolute Gasteiger partial charge is 0.220 e. The van der Waals surface area contributed by atoms with E-state index in [0.29, 0.717) is 18.4 Å². The summed E-state index contributed by atoms with van der Waals surface area (Å²) >= 11 is 0. The summed E-state index contributed by atoms with van der Waals surface area (Å²) in [5, 5.41) is 3.27. The number of fused-ring (bicyclic) bond motifs is 2. The molecule has 5 unspecified atom stereocenters. The minimum Gasteiger partial charge on any atom is -0.353 e. The zero-order valence-electron chi connectivity index (χ0n) is 13.2. The summed E-state index contributed by atoms with van der Waals surface area (Å²) in [6, 6.07) is 10.7. The van der Waals surface area contributed by atoms with Gasteiger partial charge in [0, 0.05) is 12.5 Å². The molecule has 2 aliphatic carbocycles. The molecule has 1 amide bonds. The molecule has 2 fully saturated rings. The molecule has 2 bridgehead atoms. The van der Waals surface area contributed by atoms with E-state index >= 15 is 0 Å². The van der Waals surface area contributed by atoms with Crippen LogP contribution in [0, 0.1) is 17.8 Å². The Morgan fingerprint density at radius 2 is 1.95 bits per heavy atom. The molecule has 5 atom stereocenters. The second kappa shape index (κ2) is 6.21. The van der Waals surface area contributed by atoms with E-state index in [-0.39, 0.29) is 5.91 Å². The SMILES string of the molecule is CC(CC(=O)NC(C)C1CC2CCC1C2)c1ccccc1. The molecule has 0 spiro atoms. The van der Waals surface area contributed by atoms with Gasteiger partial charge in [-0.25, -0.2) is 0 Å². The number of carbonyl (C=O) groups is 1. The third kappa shape index (κ3) is 3.30. The molecule has 1 aromatic carbocycles. The molecule has 1 N–H and O–H groups in total. The van der Waals surface area contributed by atoms with Crippen LogP contribution in [0.25, 0.3) is 0 Å². The van der Waals surface area contributed by atoms with Crippen LogP contribution in [0.5, 0.6) is 0 Å². The Kier molecular flexibility index (Phi) is 4.32. The Bertz CT molecular complexity index is 484. The predicted molar refractivity (Wildman–Crippen MR) is 86.0 cm³/mol. The van der Waals surface area contributed by atoms with Crippen molar-refractivity contribution in [2.45, 2.75) is 57.9 Å². The van der Waals surface area contributed by atoms with Crippen molar-refractivity contribution in [1.29, 1.82) is 0 Å². The van der Waals surface area contributed by atoms with Crippen molar-refractivity contribution in [3.8, 4) is 0 Å². The maximum atomic E-state index is 12.3. The van der Waals surface area contributed by atoms with E-state index in [4.69, 9.17) is 0 Å². The van der Waals surface area contributed by atoms with Gasteiger partial charge in [0.05, 0.1) is 0 Å². The molecule has 0 aromatic heterocycles. The number of amides is 1. The topological polar surface area (TPSA) is 29.1 Å². The first-order valence-electron chi connectivity index (χ1n) is 8.47. The molecular formula is C19H27NO. The van der Waals surface area contributed by atoms with E-state index in [1.807, 2.05) is 18.2 Å². The van der Waals surface area contributed by atoms with E-state index < -0.39 is 0 Å². The molecule has 0 radical (unpaired) electrons. The van der Waals surface area contributed by atoms with E-state index in [9.17, 15) is 4.79 Å². The van der Waals surface area contributed by atoms with Crippen molar-refractivity contribution in [2.24, 2.45) is 17.8 Å². The molecule has 114 valence electrons. The zero-order valence-corrected chi connectivity index (χ0v) is 13.2. The highest BCUT2D eigenvalue weighted by Gasteiger charge is 2.42. The van der Waals surface area contributed by atoms with Crippen LogP contribution < -0.4 is 5.32 Å². The van der Waals surface area contributed by atoms with Crippen molar-refractivity contribution < 1.29 is 4.79 Å². The molecule has 0 saturated heterocycles. The lowest BCUT2D eigenvalue weighted by atomic mass is 9.84. The average molecular weight is 285 g/mol. The fourth-order valence-electron chi connectivity index (χ4n) is 4.50. The van der Waals surface area contributed by atoms with Gasteiger partial charge in [-0.3, -0.25) is 4.79 Å². The van der Waals surface area contributed by atoms with Crippen molar-refractivity contribution >= 4 is 5.91 Å². The Hall–Kier alpha value is -1.31. The van der Waals surface area contributed by atoms with Crippen LogP contribution in [0.4, 0.5) is 0 Å². The minimum atomic E-state index is 0.210. The number of carbonyl (C=O) groups excluding carboxylic acids is 1. The highest BCUT2D eigenvalue weighted by Crippen LogP contribution is 2.49. The number of nitrogens with one attached hydrogen (secondary N) is 1. The maximum Gasteiger partial charge on any atom is 0.220 e. The lowest BCUT2D eigenvalue weighted by molar-refractivity contribution is -0.122. The Balaban J connectivity index is 1.50. The van der Waals surface area contributed by atoms with Crippen molar-refractivity contribution in [3.63, 3.8) is 0 Å². The molecule has 2 saturated carbocycles. The van der Waals surface area contributed by atoms with Gasteiger partial charge in [0.1, 0.15) is 0 Å². The summed E-state index contributed by atoms with van der Waals surface area (Å²) in [4.78, 5) is 12.3. The summed E-state index contributed by atoms with van der Waals surface area (Å²) in [5.74, 6) is 3.04. The largest absolute Gasteiger partial charge is 0.353 e. The zero-order chi connectivity index (χ0) is 14.8. The maximum absolute atomic E-state index is 12.3. The third-order valence-electron chi connectivity index (χ3n) is 5.68. The average Bonchev–Trinajstić information content (AvgIpc) is 3.10. The highest BCUT2D eigenvalue weighted by atomic mass is 16.1. The summed E-state index contributed by atoms with van der Waals surface area (Å²) in [6.07, 6.45) is 6.14. The monoisotopic (exact) mass is 285 g/mol. The molecule has 2 heteroatoms. The Labute approximate surface area is 128 Å². The van der Waals surface area contributed by atoms with Crippen molar-refractivity contribution in [1.82, 2.24) is 5.32 Å². The fraction of sp³-hybridized carbons (Fsp3) is 0.632. The third-order valence-corrected chi connectivity index (χ3v) is 5.68. The second-order valence-electron chi connectivity index (χ2n) is 7.21. The van der Waals surface area contributed by atoms with Gasteiger partial charge in [-0.2, -0.15) is 0 Å². The van der Waals surface area contributed by atoms with Gasteiger partial charge in [-0.1, -0.05) is 43.7 Å². The Morgan fingerprint density at radius 3 is 2.57 bits per heavy atom. The summed E-state index contributed by atoms with van der Waals surface area (Å²) in [6.45, 7) is 4.34. The van der Waals surface area contributed by atoms with E-state index in [1.54, 1.807) is 0 Å². The summed E-state index contributed by atoms with van der Waals surface area (Å²) in [5.41, 5.74) is 1.25. The molecular weight excluding hydrogens is 258 g/mol. The van der Waals surface area contributed by atoms with Gasteiger partial charge in [0.15, 0.2) is 0 Å². The number of hydrogen-bond acceptors (Lipinski definition) is 1. The van der Waals surface area contributed by atoms with Crippen LogP contribution in [0.1, 0.15) is 57.4 Å². The molecule has 1 aromatic rings. The number of rotatable bonds is 5. The van der Waals surface area contributed by atoms with Gasteiger partial charge >= 0.3 is 0 Å². The van der Waals surface area contributed by atoms with Crippen LogP contribution in [0.2, 0.25) is 0 Å². The quantitative estimate of drug-likeness (QED) is 0.866. The summed E-state index contributed by atoms with van der Waals surface area (Å²) < 4.78 is 0. The molecule has 2 aliphatic rings. The Morgan fingerprint density at radius 1 is 1.19 bits per heavy atom. The molecule has 0 heterocycles. The van der Waals surface area contributed by atoms with Crippen LogP contribution in [0.15, 0.2) is 30.3 Å². The van der Waals surface area contributed by atoms with E-state index in [1.165, 1.54) is 31.2 Å². The number of benzene rings is 1. The van der Waals surface area contributed by atoms with Gasteiger partial charge in [-0.05, 0) is 55.4 Å². The standard InChI is InChI=1S/C19H27NO/c1-13(16-6-4-3-5-7-16)10-19(21)20-14(2)18-12-15-8-9-17(18)11-15/h3-7,13-15,17-18H,8-12H2,1-2H3,(H,20,21). The van der Waals surface area contributed by atoms with Gasteiger partial charge in [0.2, 0.25) is 5.91 Å². The molecule has 21 heavy (non-hydrogen) atoms. The lowest BCUT2D eigenvalue weighted by Crippen LogP contribution is -2.40. The predicted octanol–water partition coefficient (Wildman–Crippen LogP) is 4.12. The van der Waals surface area contributed by atoms with Gasteiger partial charge in [0.25, 0.3) is 0 Å². The van der Waals surface area contributed by atoms with E-state index in [0.717, 1.165) is 17.8 Å². The van der Waals surface area contributed by atoms with Crippen LogP contribution >= 0.6 is 0 Å². The van der Waals surface area contributed by atoms with Crippen LogP contribution in [-0.2, 0) is 4.79 Å². The minimum absolute atomic E-state index is 0.210. The first kappa shape index (κ1) is 14.6. The van der Waals surface area contributed by atoms with Gasteiger partial charge < -0.3 is 5.32 Å². The molecule has 2 nitrogen and oxygen atoms in total. The highest BCUT2D eigenvalue weighted by molar-refractivity contribution is 5.77. The molecule has 3 rings (SSSR count). The first-order chi connectivity index (χ1) is 10.1. The lowest BCUT2D eigenvalue weighted by Gasteiger charge is -2.29. The van der Waals surface area contributed by atoms with Gasteiger partial charge in [-0.15, -0.1) is 0 Å². The second-order valence-corrected chi connectivity index (χ2v) is 7.21. The fourth-order valence-corrected chi connectivity index (χ4v) is 4.50. The normalized spacial score (nSPS) is 30.1.